The maximum absolute atomic E-state index is 5.51. The molecule has 3 heterocycles. The van der Waals surface area contributed by atoms with Crippen LogP contribution in [0.2, 0.25) is 0 Å². The number of ether oxygens (including phenoxy) is 1. The van der Waals surface area contributed by atoms with E-state index in [0.29, 0.717) is 12.4 Å². The zero-order valence-corrected chi connectivity index (χ0v) is 15.8. The first kappa shape index (κ1) is 16.6. The van der Waals surface area contributed by atoms with Gasteiger partial charge in [-0.3, -0.25) is 0 Å². The Morgan fingerprint density at radius 3 is 2.75 bits per heavy atom. The summed E-state index contributed by atoms with van der Waals surface area (Å²) >= 11 is 1.70. The molecule has 8 heteroatoms. The number of anilines is 2. The topological polar surface area (TPSA) is 88.6 Å². The molecule has 5 aromatic rings. The highest BCUT2D eigenvalue weighted by Crippen LogP contribution is 2.36. The Kier molecular flexibility index (Phi) is 4.10. The molecule has 7 nitrogen and oxygen atoms in total. The number of pyridine rings is 1. The average molecular weight is 388 g/mol. The third-order valence-electron chi connectivity index (χ3n) is 4.43. The van der Waals surface area contributed by atoms with E-state index >= 15 is 0 Å². The van der Waals surface area contributed by atoms with Crippen molar-refractivity contribution in [1.29, 1.82) is 0 Å². The zero-order chi connectivity index (χ0) is 18.9. The summed E-state index contributed by atoms with van der Waals surface area (Å²) in [7, 11) is 0. The van der Waals surface area contributed by atoms with Crippen LogP contribution in [-0.2, 0) is 0 Å². The predicted octanol–water partition coefficient (Wildman–Crippen LogP) is 4.77. The number of hydrogen-bond donors (Lipinski definition) is 2. The number of benzene rings is 2. The molecule has 28 heavy (non-hydrogen) atoms. The maximum Gasteiger partial charge on any atom is 0.204 e. The van der Waals surface area contributed by atoms with Crippen molar-refractivity contribution in [2.75, 3.05) is 11.9 Å². The fourth-order valence-corrected chi connectivity index (χ4v) is 4.09. The number of aromatic amines is 1. The summed E-state index contributed by atoms with van der Waals surface area (Å²) in [6.45, 7) is 2.62. The summed E-state index contributed by atoms with van der Waals surface area (Å²) in [6.07, 6.45) is 0. The van der Waals surface area contributed by atoms with E-state index in [9.17, 15) is 0 Å². The fourth-order valence-electron chi connectivity index (χ4n) is 3.16. The molecular formula is C20H16N6OS. The molecule has 0 aliphatic carbocycles. The van der Waals surface area contributed by atoms with Crippen LogP contribution in [0, 0.1) is 0 Å². The molecule has 0 unspecified atom stereocenters. The van der Waals surface area contributed by atoms with E-state index in [4.69, 9.17) is 9.72 Å². The van der Waals surface area contributed by atoms with Crippen LogP contribution < -0.4 is 10.1 Å². The van der Waals surface area contributed by atoms with Gasteiger partial charge in [0.2, 0.25) is 5.82 Å². The number of H-pyrrole nitrogens is 1. The molecule has 0 aliphatic rings. The number of hydrogen-bond acceptors (Lipinski definition) is 7. The predicted molar refractivity (Wildman–Crippen MR) is 111 cm³/mol. The molecule has 5 rings (SSSR count). The van der Waals surface area contributed by atoms with Gasteiger partial charge in [0.05, 0.1) is 12.1 Å². The number of tetrazole rings is 1. The lowest BCUT2D eigenvalue weighted by Gasteiger charge is -2.11. The van der Waals surface area contributed by atoms with E-state index in [1.54, 1.807) is 11.3 Å². The molecule has 0 atom stereocenters. The van der Waals surface area contributed by atoms with Gasteiger partial charge in [0, 0.05) is 26.7 Å². The van der Waals surface area contributed by atoms with Crippen molar-refractivity contribution in [2.45, 2.75) is 6.92 Å². The number of rotatable bonds is 5. The van der Waals surface area contributed by atoms with Crippen molar-refractivity contribution in [3.8, 4) is 17.1 Å². The standard InChI is InChI=1S/C20H16N6OS/c1-2-27-14-6-4-13(5-7-14)21-20-16-9-10-28-18(16)15-8-3-12(11-17(15)22-20)19-23-25-26-24-19/h3-11H,2H2,1H3,(H,21,22)(H,23,24,25,26). The first-order valence-electron chi connectivity index (χ1n) is 8.86. The number of aromatic nitrogens is 5. The van der Waals surface area contributed by atoms with Crippen molar-refractivity contribution >= 4 is 43.8 Å². The van der Waals surface area contributed by atoms with Gasteiger partial charge in [-0.15, -0.1) is 21.5 Å². The van der Waals surface area contributed by atoms with Crippen LogP contribution in [0.5, 0.6) is 5.75 Å². The highest BCUT2D eigenvalue weighted by atomic mass is 32.1. The van der Waals surface area contributed by atoms with Crippen LogP contribution in [0.15, 0.2) is 53.9 Å². The second-order valence-electron chi connectivity index (χ2n) is 6.17. The van der Waals surface area contributed by atoms with Gasteiger partial charge in [-0.05, 0) is 53.9 Å². The van der Waals surface area contributed by atoms with Crippen molar-refractivity contribution in [3.63, 3.8) is 0 Å². The molecule has 138 valence electrons. The first-order valence-corrected chi connectivity index (χ1v) is 9.74. The molecule has 2 N–H and O–H groups in total. The quantitative estimate of drug-likeness (QED) is 0.451. The van der Waals surface area contributed by atoms with Gasteiger partial charge >= 0.3 is 0 Å². The summed E-state index contributed by atoms with van der Waals surface area (Å²) in [6, 6.07) is 16.0. The third-order valence-corrected chi connectivity index (χ3v) is 5.37. The molecule has 0 amide bonds. The Labute approximate surface area is 164 Å². The zero-order valence-electron chi connectivity index (χ0n) is 15.0. The highest BCUT2D eigenvalue weighted by Gasteiger charge is 2.12. The molecule has 0 aliphatic heterocycles. The van der Waals surface area contributed by atoms with Crippen LogP contribution in [0.4, 0.5) is 11.5 Å². The van der Waals surface area contributed by atoms with Crippen molar-refractivity contribution < 1.29 is 4.74 Å². The first-order chi connectivity index (χ1) is 13.8. The van der Waals surface area contributed by atoms with Gasteiger partial charge in [0.25, 0.3) is 0 Å². The Morgan fingerprint density at radius 2 is 1.96 bits per heavy atom. The highest BCUT2D eigenvalue weighted by molar-refractivity contribution is 7.18. The molecule has 2 aromatic carbocycles. The molecule has 0 radical (unpaired) electrons. The van der Waals surface area contributed by atoms with E-state index in [-0.39, 0.29) is 0 Å². The molecule has 0 saturated carbocycles. The minimum atomic E-state index is 0.552. The Hall–Kier alpha value is -3.52. The van der Waals surface area contributed by atoms with E-state index in [1.165, 1.54) is 4.70 Å². The molecular weight excluding hydrogens is 372 g/mol. The SMILES string of the molecule is CCOc1ccc(Nc2nc3cc(-c4nn[nH]n4)ccc3c3sccc23)cc1. The van der Waals surface area contributed by atoms with Gasteiger partial charge in [-0.25, -0.2) is 4.98 Å². The Balaban J connectivity index is 1.59. The van der Waals surface area contributed by atoms with Gasteiger partial charge in [0.1, 0.15) is 11.6 Å². The Bertz CT molecular complexity index is 1250. The largest absolute Gasteiger partial charge is 0.494 e. The fraction of sp³-hybridized carbons (Fsp3) is 0.100. The van der Waals surface area contributed by atoms with Crippen LogP contribution in [-0.4, -0.2) is 32.2 Å². The summed E-state index contributed by atoms with van der Waals surface area (Å²) in [5.41, 5.74) is 2.71. The lowest BCUT2D eigenvalue weighted by molar-refractivity contribution is 0.340. The molecule has 0 saturated heterocycles. The number of thiophene rings is 1. The second-order valence-corrected chi connectivity index (χ2v) is 7.09. The lowest BCUT2D eigenvalue weighted by atomic mass is 10.1. The van der Waals surface area contributed by atoms with Gasteiger partial charge in [-0.2, -0.15) is 5.21 Å². The molecule has 3 aromatic heterocycles. The van der Waals surface area contributed by atoms with E-state index in [0.717, 1.165) is 39.1 Å². The van der Waals surface area contributed by atoms with Crippen molar-refractivity contribution in [2.24, 2.45) is 0 Å². The lowest BCUT2D eigenvalue weighted by Crippen LogP contribution is -1.96. The van der Waals surface area contributed by atoms with E-state index < -0.39 is 0 Å². The molecule has 0 spiro atoms. The maximum atomic E-state index is 5.51. The summed E-state index contributed by atoms with van der Waals surface area (Å²) in [5, 5.41) is 22.0. The number of nitrogens with one attached hydrogen (secondary N) is 2. The van der Waals surface area contributed by atoms with E-state index in [1.807, 2.05) is 43.3 Å². The minimum absolute atomic E-state index is 0.552. The van der Waals surface area contributed by atoms with Crippen LogP contribution >= 0.6 is 11.3 Å². The number of nitrogens with zero attached hydrogens (tertiary/aromatic N) is 4. The summed E-state index contributed by atoms with van der Waals surface area (Å²) < 4.78 is 6.71. The second kappa shape index (κ2) is 6.90. The van der Waals surface area contributed by atoms with Crippen molar-refractivity contribution in [1.82, 2.24) is 25.6 Å². The summed E-state index contributed by atoms with van der Waals surface area (Å²) in [5.74, 6) is 2.22. The minimum Gasteiger partial charge on any atom is -0.494 e. The summed E-state index contributed by atoms with van der Waals surface area (Å²) in [4.78, 5) is 4.88. The van der Waals surface area contributed by atoms with Crippen molar-refractivity contribution in [3.05, 3.63) is 53.9 Å². The monoisotopic (exact) mass is 388 g/mol. The smallest absolute Gasteiger partial charge is 0.204 e. The third kappa shape index (κ3) is 2.93. The molecule has 0 fully saturated rings. The number of fused-ring (bicyclic) bond motifs is 3. The average Bonchev–Trinajstić information content (AvgIpc) is 3.42. The normalized spacial score (nSPS) is 11.2. The van der Waals surface area contributed by atoms with Crippen LogP contribution in [0.25, 0.3) is 32.4 Å². The van der Waals surface area contributed by atoms with E-state index in [2.05, 4.69) is 43.5 Å². The van der Waals surface area contributed by atoms with Gasteiger partial charge < -0.3 is 10.1 Å². The van der Waals surface area contributed by atoms with Gasteiger partial charge in [0.15, 0.2) is 0 Å². The van der Waals surface area contributed by atoms with Crippen LogP contribution in [0.3, 0.4) is 0 Å². The van der Waals surface area contributed by atoms with Crippen LogP contribution in [0.1, 0.15) is 6.92 Å². The molecule has 0 bridgehead atoms. The Morgan fingerprint density at radius 1 is 1.07 bits per heavy atom. The van der Waals surface area contributed by atoms with Gasteiger partial charge in [-0.1, -0.05) is 12.1 Å².